The van der Waals surface area contributed by atoms with E-state index in [4.69, 9.17) is 4.42 Å². The summed E-state index contributed by atoms with van der Waals surface area (Å²) in [7, 11) is 0. The maximum absolute atomic E-state index is 5.76. The molecule has 175 valence electrons. The number of aryl methyl sites for hydroxylation is 3. The molecular formula is C30H23IrN3O-2. The maximum atomic E-state index is 5.76. The number of furan rings is 1. The van der Waals surface area contributed by atoms with Gasteiger partial charge in [-0.15, -0.1) is 41.5 Å². The zero-order valence-electron chi connectivity index (χ0n) is 19.7. The van der Waals surface area contributed by atoms with Gasteiger partial charge in [0.15, 0.2) is 5.58 Å². The molecule has 0 aliphatic rings. The predicted octanol–water partition coefficient (Wildman–Crippen LogP) is 7.31. The van der Waals surface area contributed by atoms with E-state index in [1.165, 1.54) is 16.7 Å². The molecule has 0 saturated carbocycles. The first-order chi connectivity index (χ1) is 16.6. The average Bonchev–Trinajstić information content (AvgIpc) is 3.25. The Hall–Kier alpha value is -3.66. The summed E-state index contributed by atoms with van der Waals surface area (Å²) in [5.41, 5.74) is 9.28. The molecule has 35 heavy (non-hydrogen) atoms. The van der Waals surface area contributed by atoms with Crippen LogP contribution in [0.3, 0.4) is 0 Å². The topological polar surface area (TPSA) is 51.8 Å². The molecular weight excluding hydrogens is 611 g/mol. The number of pyridine rings is 3. The molecule has 0 amide bonds. The maximum Gasteiger partial charge on any atom is 0.151 e. The van der Waals surface area contributed by atoms with Crippen LogP contribution in [-0.2, 0) is 20.1 Å². The van der Waals surface area contributed by atoms with Gasteiger partial charge in [0.2, 0.25) is 0 Å². The van der Waals surface area contributed by atoms with Gasteiger partial charge >= 0.3 is 0 Å². The zero-order valence-corrected chi connectivity index (χ0v) is 22.1. The second-order valence-electron chi connectivity index (χ2n) is 8.25. The van der Waals surface area contributed by atoms with Crippen LogP contribution in [0.4, 0.5) is 0 Å². The third kappa shape index (κ3) is 5.37. The second-order valence-corrected chi connectivity index (χ2v) is 8.25. The fourth-order valence-electron chi connectivity index (χ4n) is 3.69. The Morgan fingerprint density at radius 1 is 0.714 bits per heavy atom. The molecule has 0 aliphatic carbocycles. The van der Waals surface area contributed by atoms with Crippen LogP contribution >= 0.6 is 0 Å². The van der Waals surface area contributed by atoms with Crippen molar-refractivity contribution in [3.05, 3.63) is 114 Å². The average molecular weight is 634 g/mol. The van der Waals surface area contributed by atoms with E-state index in [1.807, 2.05) is 42.6 Å². The minimum atomic E-state index is 0. The van der Waals surface area contributed by atoms with Crippen LogP contribution in [0.5, 0.6) is 0 Å². The Bertz CT molecular complexity index is 1580. The van der Waals surface area contributed by atoms with Gasteiger partial charge in [0, 0.05) is 37.1 Å². The minimum Gasteiger partial charge on any atom is -0.455 e. The molecule has 0 atom stereocenters. The monoisotopic (exact) mass is 634 g/mol. The number of benzene rings is 2. The molecule has 4 heterocycles. The fraction of sp³-hybridized carbons (Fsp3) is 0.100. The van der Waals surface area contributed by atoms with E-state index < -0.39 is 0 Å². The van der Waals surface area contributed by atoms with Crippen LogP contribution < -0.4 is 0 Å². The molecule has 0 spiro atoms. The van der Waals surface area contributed by atoms with Crippen molar-refractivity contribution >= 4 is 21.9 Å². The van der Waals surface area contributed by atoms with Gasteiger partial charge in [-0.2, -0.15) is 11.6 Å². The van der Waals surface area contributed by atoms with Gasteiger partial charge in [-0.3, -0.25) is 4.98 Å². The summed E-state index contributed by atoms with van der Waals surface area (Å²) < 4.78 is 5.76. The second kappa shape index (κ2) is 10.7. The third-order valence-electron chi connectivity index (χ3n) is 5.78. The molecule has 6 rings (SSSR count). The molecule has 4 aromatic heterocycles. The molecule has 6 aromatic rings. The van der Waals surface area contributed by atoms with E-state index in [2.05, 4.69) is 72.1 Å². The molecule has 4 nitrogen and oxygen atoms in total. The summed E-state index contributed by atoms with van der Waals surface area (Å²) in [4.78, 5) is 12.8. The van der Waals surface area contributed by atoms with E-state index in [9.17, 15) is 0 Å². The fourth-order valence-corrected chi connectivity index (χ4v) is 3.69. The van der Waals surface area contributed by atoms with Crippen molar-refractivity contribution < 1.29 is 24.5 Å². The van der Waals surface area contributed by atoms with Gasteiger partial charge in [-0.25, -0.2) is 0 Å². The van der Waals surface area contributed by atoms with Crippen LogP contribution in [0.1, 0.15) is 16.7 Å². The zero-order chi connectivity index (χ0) is 23.5. The van der Waals surface area contributed by atoms with Crippen molar-refractivity contribution in [2.75, 3.05) is 0 Å². The van der Waals surface area contributed by atoms with Crippen LogP contribution in [0.2, 0.25) is 0 Å². The summed E-state index contributed by atoms with van der Waals surface area (Å²) in [5.74, 6) is 0. The number of nitrogens with zero attached hydrogens (tertiary/aromatic N) is 3. The molecule has 0 fully saturated rings. The number of rotatable bonds is 2. The molecule has 0 bridgehead atoms. The summed E-state index contributed by atoms with van der Waals surface area (Å²) in [5, 5.41) is 2.18. The smallest absolute Gasteiger partial charge is 0.151 e. The van der Waals surface area contributed by atoms with Crippen LogP contribution in [-0.4, -0.2) is 15.0 Å². The van der Waals surface area contributed by atoms with Crippen molar-refractivity contribution in [1.29, 1.82) is 0 Å². The number of hydrogen-bond donors (Lipinski definition) is 0. The largest absolute Gasteiger partial charge is 0.455 e. The SMILES string of the molecule is Cc1c[c-]c(-c2cc(C)c(C)cn2)cc1.[Ir].[c-]1cnccc1-c1cc2c(cn1)oc1ccccc12. The molecule has 0 aliphatic heterocycles. The van der Waals surface area contributed by atoms with Gasteiger partial charge in [-0.05, 0) is 49.3 Å². The van der Waals surface area contributed by atoms with E-state index in [1.54, 1.807) is 18.6 Å². The standard InChI is InChI=1S/C16H9N2O.C14H14N.Ir/c1-2-4-15-12(3-1)13-9-14(18-10-16(13)19-15)11-5-7-17-8-6-11;1-10-4-6-13(7-5-10)14-8-11(2)12(3)9-15-14;/h1-5,7-10H;4-6,8-9H,1-3H3;/q2*-1;. The Balaban J connectivity index is 0.000000165. The van der Waals surface area contributed by atoms with Crippen molar-refractivity contribution in [2.24, 2.45) is 0 Å². The first kappa shape index (κ1) is 24.5. The van der Waals surface area contributed by atoms with Crippen LogP contribution in [0.15, 0.2) is 89.9 Å². The molecule has 2 aromatic carbocycles. The quantitative estimate of drug-likeness (QED) is 0.188. The summed E-state index contributed by atoms with van der Waals surface area (Å²) in [6.07, 6.45) is 7.07. The summed E-state index contributed by atoms with van der Waals surface area (Å²) >= 11 is 0. The van der Waals surface area contributed by atoms with Crippen molar-refractivity contribution in [3.63, 3.8) is 0 Å². The third-order valence-corrected chi connectivity index (χ3v) is 5.78. The molecule has 0 unspecified atom stereocenters. The molecule has 5 heteroatoms. The van der Waals surface area contributed by atoms with E-state index in [-0.39, 0.29) is 20.1 Å². The van der Waals surface area contributed by atoms with Crippen LogP contribution in [0.25, 0.3) is 44.5 Å². The molecule has 1 radical (unpaired) electrons. The van der Waals surface area contributed by atoms with Gasteiger partial charge in [0.1, 0.15) is 5.58 Å². The predicted molar refractivity (Wildman–Crippen MR) is 136 cm³/mol. The first-order valence-corrected chi connectivity index (χ1v) is 11.1. The van der Waals surface area contributed by atoms with Gasteiger partial charge in [0.25, 0.3) is 0 Å². The van der Waals surface area contributed by atoms with Gasteiger partial charge < -0.3 is 14.4 Å². The van der Waals surface area contributed by atoms with E-state index in [0.717, 1.165) is 44.5 Å². The Labute approximate surface area is 218 Å². The van der Waals surface area contributed by atoms with Crippen LogP contribution in [0, 0.1) is 32.9 Å². The normalized spacial score (nSPS) is 10.5. The molecule has 0 N–H and O–H groups in total. The van der Waals surface area contributed by atoms with Crippen molar-refractivity contribution in [3.8, 4) is 22.5 Å². The Kier molecular flexibility index (Phi) is 7.50. The number of para-hydroxylation sites is 1. The van der Waals surface area contributed by atoms with Crippen molar-refractivity contribution in [2.45, 2.75) is 20.8 Å². The summed E-state index contributed by atoms with van der Waals surface area (Å²) in [6.45, 7) is 6.24. The van der Waals surface area contributed by atoms with E-state index >= 15 is 0 Å². The Morgan fingerprint density at radius 3 is 2.23 bits per heavy atom. The van der Waals surface area contributed by atoms with Crippen molar-refractivity contribution in [1.82, 2.24) is 15.0 Å². The van der Waals surface area contributed by atoms with Gasteiger partial charge in [-0.1, -0.05) is 42.8 Å². The van der Waals surface area contributed by atoms with Gasteiger partial charge in [0.05, 0.1) is 6.20 Å². The number of hydrogen-bond acceptors (Lipinski definition) is 4. The number of fused-ring (bicyclic) bond motifs is 3. The van der Waals surface area contributed by atoms with E-state index in [0.29, 0.717) is 0 Å². The molecule has 0 saturated heterocycles. The number of aromatic nitrogens is 3. The Morgan fingerprint density at radius 2 is 1.49 bits per heavy atom. The summed E-state index contributed by atoms with van der Waals surface area (Å²) in [6, 6.07) is 26.5. The first-order valence-electron chi connectivity index (χ1n) is 11.1. The minimum absolute atomic E-state index is 0.